The van der Waals surface area contributed by atoms with Gasteiger partial charge in [0, 0.05) is 0 Å². The molecule has 0 aliphatic heterocycles. The molecular formula is C11H20O4. The van der Waals surface area contributed by atoms with Crippen LogP contribution in [0.25, 0.3) is 0 Å². The predicted molar refractivity (Wildman–Crippen MR) is 56.7 cm³/mol. The van der Waals surface area contributed by atoms with E-state index >= 15 is 0 Å². The summed E-state index contributed by atoms with van der Waals surface area (Å²) in [6, 6.07) is 0. The standard InChI is InChI=1S/C11H20O4/c1-8(9(12)13)6-4-5-7-11(2,3)10(14)15/h8H,4-7H2,1-3H3,(H,12,13)(H,14,15). The molecule has 88 valence electrons. The van der Waals surface area contributed by atoms with Gasteiger partial charge in [-0.05, 0) is 26.7 Å². The Labute approximate surface area is 90.3 Å². The fourth-order valence-electron chi connectivity index (χ4n) is 1.25. The number of carboxylic acids is 2. The Hall–Kier alpha value is -1.06. The van der Waals surface area contributed by atoms with Gasteiger partial charge in [0.25, 0.3) is 0 Å². The Morgan fingerprint density at radius 2 is 1.73 bits per heavy atom. The zero-order chi connectivity index (χ0) is 12.1. The summed E-state index contributed by atoms with van der Waals surface area (Å²) in [7, 11) is 0. The van der Waals surface area contributed by atoms with Crippen molar-refractivity contribution in [2.24, 2.45) is 11.3 Å². The maximum absolute atomic E-state index is 10.8. The van der Waals surface area contributed by atoms with Crippen molar-refractivity contribution < 1.29 is 19.8 Å². The minimum atomic E-state index is -0.797. The molecule has 2 N–H and O–H groups in total. The average Bonchev–Trinajstić information content (AvgIpc) is 2.11. The van der Waals surface area contributed by atoms with Crippen LogP contribution in [0.4, 0.5) is 0 Å². The predicted octanol–water partition coefficient (Wildman–Crippen LogP) is 2.38. The van der Waals surface area contributed by atoms with Gasteiger partial charge in [0.05, 0.1) is 11.3 Å². The molecule has 15 heavy (non-hydrogen) atoms. The number of rotatable bonds is 7. The second kappa shape index (κ2) is 5.73. The van der Waals surface area contributed by atoms with E-state index < -0.39 is 17.4 Å². The maximum atomic E-state index is 10.8. The van der Waals surface area contributed by atoms with Crippen LogP contribution < -0.4 is 0 Å². The average molecular weight is 216 g/mol. The van der Waals surface area contributed by atoms with E-state index in [-0.39, 0.29) is 5.92 Å². The summed E-state index contributed by atoms with van der Waals surface area (Å²) in [4.78, 5) is 21.3. The molecule has 0 amide bonds. The third-order valence-corrected chi connectivity index (χ3v) is 2.69. The highest BCUT2D eigenvalue weighted by atomic mass is 16.4. The highest BCUT2D eigenvalue weighted by molar-refractivity contribution is 5.73. The van der Waals surface area contributed by atoms with E-state index in [0.29, 0.717) is 12.8 Å². The summed E-state index contributed by atoms with van der Waals surface area (Å²) < 4.78 is 0. The van der Waals surface area contributed by atoms with Crippen LogP contribution in [0.1, 0.15) is 46.5 Å². The maximum Gasteiger partial charge on any atom is 0.309 e. The van der Waals surface area contributed by atoms with Crippen LogP contribution in [-0.2, 0) is 9.59 Å². The first-order chi connectivity index (χ1) is 6.77. The molecule has 4 heteroatoms. The zero-order valence-electron chi connectivity index (χ0n) is 9.62. The van der Waals surface area contributed by atoms with E-state index in [9.17, 15) is 9.59 Å². The fourth-order valence-corrected chi connectivity index (χ4v) is 1.25. The molecule has 0 fully saturated rings. The molecule has 4 nitrogen and oxygen atoms in total. The van der Waals surface area contributed by atoms with Gasteiger partial charge in [-0.25, -0.2) is 0 Å². The van der Waals surface area contributed by atoms with Crippen molar-refractivity contribution in [1.29, 1.82) is 0 Å². The summed E-state index contributed by atoms with van der Waals surface area (Å²) in [6.45, 7) is 5.05. The number of unbranched alkanes of at least 4 members (excludes halogenated alkanes) is 1. The Kier molecular flexibility index (Phi) is 5.33. The summed E-state index contributed by atoms with van der Waals surface area (Å²) >= 11 is 0. The van der Waals surface area contributed by atoms with Crippen LogP contribution in [0.2, 0.25) is 0 Å². The number of carbonyl (C=O) groups is 2. The van der Waals surface area contributed by atoms with Gasteiger partial charge in [0.2, 0.25) is 0 Å². The van der Waals surface area contributed by atoms with Crippen LogP contribution in [0, 0.1) is 11.3 Å². The van der Waals surface area contributed by atoms with Crippen LogP contribution in [0.3, 0.4) is 0 Å². The van der Waals surface area contributed by atoms with Gasteiger partial charge >= 0.3 is 11.9 Å². The topological polar surface area (TPSA) is 74.6 Å². The quantitative estimate of drug-likeness (QED) is 0.641. The minimum Gasteiger partial charge on any atom is -0.481 e. The lowest BCUT2D eigenvalue weighted by atomic mass is 9.86. The highest BCUT2D eigenvalue weighted by Crippen LogP contribution is 2.24. The van der Waals surface area contributed by atoms with Crippen molar-refractivity contribution in [3.8, 4) is 0 Å². The van der Waals surface area contributed by atoms with Crippen LogP contribution >= 0.6 is 0 Å². The first-order valence-corrected chi connectivity index (χ1v) is 5.23. The van der Waals surface area contributed by atoms with Gasteiger partial charge in [0.15, 0.2) is 0 Å². The monoisotopic (exact) mass is 216 g/mol. The first kappa shape index (κ1) is 13.9. The van der Waals surface area contributed by atoms with Gasteiger partial charge in [-0.3, -0.25) is 9.59 Å². The van der Waals surface area contributed by atoms with Crippen molar-refractivity contribution in [2.75, 3.05) is 0 Å². The molecule has 0 spiro atoms. The lowest BCUT2D eigenvalue weighted by Gasteiger charge is -2.18. The molecular weight excluding hydrogens is 196 g/mol. The molecule has 0 aliphatic carbocycles. The molecule has 1 atom stereocenters. The van der Waals surface area contributed by atoms with Crippen LogP contribution in [-0.4, -0.2) is 22.2 Å². The van der Waals surface area contributed by atoms with Crippen molar-refractivity contribution in [3.63, 3.8) is 0 Å². The van der Waals surface area contributed by atoms with E-state index in [2.05, 4.69) is 0 Å². The highest BCUT2D eigenvalue weighted by Gasteiger charge is 2.26. The normalized spacial score (nSPS) is 13.5. The summed E-state index contributed by atoms with van der Waals surface area (Å²) in [5, 5.41) is 17.5. The van der Waals surface area contributed by atoms with E-state index in [1.807, 2.05) is 0 Å². The molecule has 0 radical (unpaired) electrons. The van der Waals surface area contributed by atoms with Gasteiger partial charge < -0.3 is 10.2 Å². The molecule has 0 saturated carbocycles. The second-order valence-corrected chi connectivity index (χ2v) is 4.67. The summed E-state index contributed by atoms with van der Waals surface area (Å²) in [5.41, 5.74) is -0.702. The molecule has 0 aromatic rings. The summed E-state index contributed by atoms with van der Waals surface area (Å²) in [6.07, 6.45) is 2.74. The molecule has 0 rings (SSSR count). The molecule has 1 unspecified atom stereocenters. The second-order valence-electron chi connectivity index (χ2n) is 4.67. The van der Waals surface area contributed by atoms with E-state index in [0.717, 1.165) is 12.8 Å². The third-order valence-electron chi connectivity index (χ3n) is 2.69. The molecule has 0 aromatic heterocycles. The molecule has 0 aromatic carbocycles. The first-order valence-electron chi connectivity index (χ1n) is 5.23. The Morgan fingerprint density at radius 1 is 1.20 bits per heavy atom. The van der Waals surface area contributed by atoms with Crippen molar-refractivity contribution >= 4 is 11.9 Å². The van der Waals surface area contributed by atoms with Crippen molar-refractivity contribution in [3.05, 3.63) is 0 Å². The number of hydrogen-bond acceptors (Lipinski definition) is 2. The van der Waals surface area contributed by atoms with Crippen molar-refractivity contribution in [2.45, 2.75) is 46.5 Å². The van der Waals surface area contributed by atoms with Gasteiger partial charge in [0.1, 0.15) is 0 Å². The Morgan fingerprint density at radius 3 is 2.13 bits per heavy atom. The van der Waals surface area contributed by atoms with E-state index in [4.69, 9.17) is 10.2 Å². The van der Waals surface area contributed by atoms with Crippen LogP contribution in [0.15, 0.2) is 0 Å². The molecule has 0 aliphatic rings. The minimum absolute atomic E-state index is 0.335. The lowest BCUT2D eigenvalue weighted by Crippen LogP contribution is -2.23. The third kappa shape index (κ3) is 5.40. The molecule has 0 saturated heterocycles. The zero-order valence-corrected chi connectivity index (χ0v) is 9.62. The van der Waals surface area contributed by atoms with Gasteiger partial charge in [-0.15, -0.1) is 0 Å². The number of hydrogen-bond donors (Lipinski definition) is 2. The molecule has 0 heterocycles. The fraction of sp³-hybridized carbons (Fsp3) is 0.818. The van der Waals surface area contributed by atoms with Crippen molar-refractivity contribution in [1.82, 2.24) is 0 Å². The Bertz CT molecular complexity index is 233. The van der Waals surface area contributed by atoms with E-state index in [1.54, 1.807) is 20.8 Å². The van der Waals surface area contributed by atoms with Crippen LogP contribution in [0.5, 0.6) is 0 Å². The number of carboxylic acid groups (broad SMARTS) is 2. The number of aliphatic carboxylic acids is 2. The summed E-state index contributed by atoms with van der Waals surface area (Å²) in [5.74, 6) is -1.92. The van der Waals surface area contributed by atoms with Gasteiger partial charge in [-0.2, -0.15) is 0 Å². The molecule has 0 bridgehead atoms. The van der Waals surface area contributed by atoms with Gasteiger partial charge in [-0.1, -0.05) is 19.8 Å². The van der Waals surface area contributed by atoms with E-state index in [1.165, 1.54) is 0 Å². The smallest absolute Gasteiger partial charge is 0.309 e. The largest absolute Gasteiger partial charge is 0.481 e. The lowest BCUT2D eigenvalue weighted by molar-refractivity contribution is -0.147. The SMILES string of the molecule is CC(CCCCC(C)(C)C(=O)O)C(=O)O. The Balaban J connectivity index is 3.72.